The second kappa shape index (κ2) is 5.11. The summed E-state index contributed by atoms with van der Waals surface area (Å²) in [6.45, 7) is 0. The number of benzene rings is 1. The van der Waals surface area contributed by atoms with E-state index in [2.05, 4.69) is 41.0 Å². The fourth-order valence-corrected chi connectivity index (χ4v) is 3.13. The summed E-state index contributed by atoms with van der Waals surface area (Å²) in [6.07, 6.45) is 7.12. The maximum atomic E-state index is 5.41. The second-order valence-electron chi connectivity index (χ2n) is 5.07. The predicted molar refractivity (Wildman–Crippen MR) is 79.3 cm³/mol. The van der Waals surface area contributed by atoms with Gasteiger partial charge in [-0.3, -0.25) is 0 Å². The van der Waals surface area contributed by atoms with Gasteiger partial charge in [0.15, 0.2) is 0 Å². The van der Waals surface area contributed by atoms with Crippen LogP contribution in [0.15, 0.2) is 36.4 Å². The maximum absolute atomic E-state index is 5.41. The fourth-order valence-electron chi connectivity index (χ4n) is 2.86. The highest BCUT2D eigenvalue weighted by Crippen LogP contribution is 2.24. The van der Waals surface area contributed by atoms with E-state index in [1.807, 2.05) is 6.07 Å². The first-order valence-corrected chi connectivity index (χ1v) is 7.08. The van der Waals surface area contributed by atoms with Crippen LogP contribution in [0.25, 0.3) is 5.70 Å². The van der Waals surface area contributed by atoms with Crippen LogP contribution in [0.2, 0.25) is 0 Å². The van der Waals surface area contributed by atoms with E-state index in [4.69, 9.17) is 12.2 Å². The molecule has 1 fully saturated rings. The molecular weight excluding hydrogens is 240 g/mol. The van der Waals surface area contributed by atoms with E-state index in [-0.39, 0.29) is 0 Å². The van der Waals surface area contributed by atoms with Crippen LogP contribution in [0.3, 0.4) is 0 Å². The molecule has 0 spiro atoms. The summed E-state index contributed by atoms with van der Waals surface area (Å²) in [4.78, 5) is 0.857. The molecule has 1 saturated carbocycles. The van der Waals surface area contributed by atoms with Crippen LogP contribution in [0, 0.1) is 0 Å². The van der Waals surface area contributed by atoms with Gasteiger partial charge in [0.05, 0.1) is 0 Å². The van der Waals surface area contributed by atoms with Crippen LogP contribution in [0.5, 0.6) is 0 Å². The molecule has 3 rings (SSSR count). The molecule has 0 unspecified atom stereocenters. The Labute approximate surface area is 113 Å². The van der Waals surface area contributed by atoms with Crippen LogP contribution in [0.1, 0.15) is 31.2 Å². The Morgan fingerprint density at radius 3 is 2.33 bits per heavy atom. The van der Waals surface area contributed by atoms with Crippen molar-refractivity contribution in [2.45, 2.75) is 37.8 Å². The average molecular weight is 258 g/mol. The number of hydrogen-bond acceptors (Lipinski definition) is 2. The molecule has 2 atom stereocenters. The first-order chi connectivity index (χ1) is 8.83. The topological polar surface area (TPSA) is 24.1 Å². The lowest BCUT2D eigenvalue weighted by Crippen LogP contribution is -2.48. The van der Waals surface area contributed by atoms with Gasteiger partial charge in [0.25, 0.3) is 0 Å². The quantitative estimate of drug-likeness (QED) is 0.757. The Balaban J connectivity index is 1.88. The van der Waals surface area contributed by atoms with Crippen LogP contribution in [-0.2, 0) is 0 Å². The van der Waals surface area contributed by atoms with Crippen molar-refractivity contribution in [3.8, 4) is 0 Å². The number of fused-ring (bicyclic) bond motifs is 1. The highest BCUT2D eigenvalue weighted by Gasteiger charge is 2.28. The largest absolute Gasteiger partial charge is 0.380 e. The number of rotatable bonds is 1. The van der Waals surface area contributed by atoms with E-state index in [1.54, 1.807) is 0 Å². The van der Waals surface area contributed by atoms with Gasteiger partial charge in [0.2, 0.25) is 0 Å². The number of nitrogens with one attached hydrogen (secondary N) is 2. The zero-order valence-electron chi connectivity index (χ0n) is 10.4. The molecule has 0 amide bonds. The van der Waals surface area contributed by atoms with Crippen LogP contribution >= 0.6 is 12.2 Å². The molecule has 2 nitrogen and oxygen atoms in total. The molecule has 1 aliphatic heterocycles. The molecule has 94 valence electrons. The third-order valence-corrected chi connectivity index (χ3v) is 4.03. The van der Waals surface area contributed by atoms with Crippen molar-refractivity contribution in [3.05, 3.63) is 42.0 Å². The molecule has 2 N–H and O–H groups in total. The second-order valence-corrected chi connectivity index (χ2v) is 5.51. The predicted octanol–water partition coefficient (Wildman–Crippen LogP) is 2.86. The monoisotopic (exact) mass is 258 g/mol. The number of hydrogen-bond donors (Lipinski definition) is 2. The van der Waals surface area contributed by atoms with Crippen molar-refractivity contribution < 1.29 is 0 Å². The van der Waals surface area contributed by atoms with Crippen molar-refractivity contribution in [1.29, 1.82) is 0 Å². The third-order valence-electron chi connectivity index (χ3n) is 3.79. The van der Waals surface area contributed by atoms with E-state index >= 15 is 0 Å². The van der Waals surface area contributed by atoms with E-state index in [1.165, 1.54) is 31.2 Å². The lowest BCUT2D eigenvalue weighted by atomic mass is 9.90. The van der Waals surface area contributed by atoms with Gasteiger partial charge in [0, 0.05) is 17.8 Å². The summed E-state index contributed by atoms with van der Waals surface area (Å²) in [7, 11) is 0. The van der Waals surface area contributed by atoms with Crippen molar-refractivity contribution in [2.75, 3.05) is 0 Å². The maximum Gasteiger partial charge on any atom is 0.101 e. The summed E-state index contributed by atoms with van der Waals surface area (Å²) >= 11 is 5.41. The summed E-state index contributed by atoms with van der Waals surface area (Å²) in [5.74, 6) is 0. The highest BCUT2D eigenvalue weighted by molar-refractivity contribution is 7.80. The molecule has 0 aromatic heterocycles. The molecule has 0 saturated heterocycles. The molecule has 18 heavy (non-hydrogen) atoms. The molecule has 3 heteroatoms. The Morgan fingerprint density at radius 2 is 1.61 bits per heavy atom. The fraction of sp³-hybridized carbons (Fsp3) is 0.400. The zero-order chi connectivity index (χ0) is 12.4. The molecule has 1 aromatic carbocycles. The van der Waals surface area contributed by atoms with E-state index in [9.17, 15) is 0 Å². The molecular formula is C15H18N2S. The summed E-state index contributed by atoms with van der Waals surface area (Å²) in [5.41, 5.74) is 2.37. The first kappa shape index (κ1) is 11.7. The minimum Gasteiger partial charge on any atom is -0.380 e. The Kier molecular flexibility index (Phi) is 3.33. The zero-order valence-corrected chi connectivity index (χ0v) is 11.2. The van der Waals surface area contributed by atoms with Crippen molar-refractivity contribution in [1.82, 2.24) is 10.6 Å². The van der Waals surface area contributed by atoms with E-state index in [0.717, 1.165) is 10.7 Å². The molecule has 1 aliphatic carbocycles. The molecule has 0 bridgehead atoms. The summed E-state index contributed by atoms with van der Waals surface area (Å²) in [6, 6.07) is 11.4. The molecule has 0 radical (unpaired) electrons. The normalized spacial score (nSPS) is 27.3. The van der Waals surface area contributed by atoms with Gasteiger partial charge in [-0.05, 0) is 24.5 Å². The van der Waals surface area contributed by atoms with Crippen molar-refractivity contribution in [3.63, 3.8) is 0 Å². The molecule has 2 aliphatic rings. The average Bonchev–Trinajstić information content (AvgIpc) is 2.57. The van der Waals surface area contributed by atoms with Gasteiger partial charge < -0.3 is 10.6 Å². The lowest BCUT2D eigenvalue weighted by Gasteiger charge is -2.32. The Bertz CT molecular complexity index is 467. The Morgan fingerprint density at radius 1 is 0.944 bits per heavy atom. The number of thiocarbonyl (C=S) groups is 1. The minimum absolute atomic E-state index is 0.490. The van der Waals surface area contributed by atoms with Crippen LogP contribution < -0.4 is 10.6 Å². The Hall–Kier alpha value is -1.35. The van der Waals surface area contributed by atoms with Crippen molar-refractivity contribution >= 4 is 22.9 Å². The summed E-state index contributed by atoms with van der Waals surface area (Å²) < 4.78 is 0. The van der Waals surface area contributed by atoms with E-state index in [0.29, 0.717) is 12.1 Å². The van der Waals surface area contributed by atoms with Crippen LogP contribution in [-0.4, -0.2) is 17.1 Å². The minimum atomic E-state index is 0.490. The van der Waals surface area contributed by atoms with Crippen LogP contribution in [0.4, 0.5) is 0 Å². The van der Waals surface area contributed by atoms with Gasteiger partial charge in [-0.2, -0.15) is 0 Å². The summed E-state index contributed by atoms with van der Waals surface area (Å²) in [5, 5.41) is 7.15. The van der Waals surface area contributed by atoms with Gasteiger partial charge in [-0.25, -0.2) is 0 Å². The lowest BCUT2D eigenvalue weighted by molar-refractivity contribution is 0.338. The first-order valence-electron chi connectivity index (χ1n) is 6.67. The van der Waals surface area contributed by atoms with Gasteiger partial charge in [-0.15, -0.1) is 0 Å². The van der Waals surface area contributed by atoms with Gasteiger partial charge >= 0.3 is 0 Å². The van der Waals surface area contributed by atoms with Gasteiger partial charge in [0.1, 0.15) is 4.99 Å². The van der Waals surface area contributed by atoms with Crippen molar-refractivity contribution in [2.24, 2.45) is 0 Å². The van der Waals surface area contributed by atoms with Gasteiger partial charge in [-0.1, -0.05) is 55.4 Å². The molecule has 1 aromatic rings. The highest BCUT2D eigenvalue weighted by atomic mass is 32.1. The van der Waals surface area contributed by atoms with E-state index < -0.39 is 0 Å². The standard InChI is InChI=1S/C15H18N2S/c18-15-10-14(11-6-2-1-3-7-11)16-12-8-4-5-9-13(12)17-15/h1-3,6-7,10,12-13,16H,4-5,8-9H2,(H,17,18)/t12-,13-/m1/s1. The molecule has 1 heterocycles. The third kappa shape index (κ3) is 2.41. The smallest absolute Gasteiger partial charge is 0.101 e. The SMILES string of the molecule is S=C1C=C(c2ccccc2)N[C@@H]2CCCC[C@H]2N1.